The third-order valence-electron chi connectivity index (χ3n) is 3.30. The Kier molecular flexibility index (Phi) is 3.33. The number of carbonyl (C=O) groups is 1. The van der Waals surface area contributed by atoms with Crippen molar-refractivity contribution in [1.29, 1.82) is 0 Å². The van der Waals surface area contributed by atoms with Crippen LogP contribution in [0.3, 0.4) is 0 Å². The lowest BCUT2D eigenvalue weighted by molar-refractivity contribution is -0.118. The maximum absolute atomic E-state index is 12.5. The third-order valence-corrected chi connectivity index (χ3v) is 3.30. The molecule has 0 aromatic carbocycles. The zero-order chi connectivity index (χ0) is 13.9. The van der Waals surface area contributed by atoms with Gasteiger partial charge in [0.1, 0.15) is 5.82 Å². The molecule has 0 bridgehead atoms. The summed E-state index contributed by atoms with van der Waals surface area (Å²) in [5, 5.41) is 0. The molecule has 1 fully saturated rings. The smallest absolute Gasteiger partial charge is 0.232 e. The van der Waals surface area contributed by atoms with E-state index >= 15 is 0 Å². The molecule has 2 N–H and O–H groups in total. The van der Waals surface area contributed by atoms with Crippen molar-refractivity contribution in [2.75, 3.05) is 10.6 Å². The molecule has 0 spiro atoms. The molecule has 5 nitrogen and oxygen atoms in total. The van der Waals surface area contributed by atoms with Crippen LogP contribution < -0.4 is 10.6 Å². The number of anilines is 2. The van der Waals surface area contributed by atoms with Gasteiger partial charge >= 0.3 is 0 Å². The maximum atomic E-state index is 12.5. The highest BCUT2D eigenvalue weighted by Gasteiger charge is 2.34. The Labute approximate surface area is 117 Å². The molecule has 20 heavy (non-hydrogen) atoms. The number of aromatic nitrogens is 2. The summed E-state index contributed by atoms with van der Waals surface area (Å²) >= 11 is 0. The molecule has 2 heterocycles. The van der Waals surface area contributed by atoms with E-state index in [1.165, 1.54) is 0 Å². The van der Waals surface area contributed by atoms with E-state index < -0.39 is 0 Å². The van der Waals surface area contributed by atoms with E-state index in [9.17, 15) is 4.79 Å². The minimum absolute atomic E-state index is 0.0657. The van der Waals surface area contributed by atoms with Crippen LogP contribution in [0.4, 0.5) is 11.5 Å². The Morgan fingerprint density at radius 3 is 2.60 bits per heavy atom. The topological polar surface area (TPSA) is 72.1 Å². The molecule has 1 aliphatic rings. The van der Waals surface area contributed by atoms with Gasteiger partial charge in [0.05, 0.1) is 18.3 Å². The monoisotopic (exact) mass is 268 g/mol. The minimum atomic E-state index is 0.0657. The van der Waals surface area contributed by atoms with Gasteiger partial charge in [0.25, 0.3) is 0 Å². The molecule has 2 aromatic heterocycles. The van der Waals surface area contributed by atoms with Crippen molar-refractivity contribution >= 4 is 17.4 Å². The molecule has 1 saturated carbocycles. The van der Waals surface area contributed by atoms with E-state index in [1.54, 1.807) is 35.6 Å². The Balaban J connectivity index is 1.80. The van der Waals surface area contributed by atoms with Gasteiger partial charge in [-0.05, 0) is 42.7 Å². The van der Waals surface area contributed by atoms with Gasteiger partial charge in [-0.3, -0.25) is 14.7 Å². The first kappa shape index (κ1) is 12.6. The molecule has 0 atom stereocenters. The van der Waals surface area contributed by atoms with Crippen LogP contribution in [-0.2, 0) is 11.2 Å². The molecule has 0 radical (unpaired) electrons. The number of hydrogen-bond donors (Lipinski definition) is 1. The van der Waals surface area contributed by atoms with Crippen LogP contribution in [0.2, 0.25) is 0 Å². The average molecular weight is 268 g/mol. The number of amides is 1. The minimum Gasteiger partial charge on any atom is -0.397 e. The summed E-state index contributed by atoms with van der Waals surface area (Å²) in [6.07, 6.45) is 7.43. The van der Waals surface area contributed by atoms with Crippen molar-refractivity contribution in [3.8, 4) is 0 Å². The largest absolute Gasteiger partial charge is 0.397 e. The predicted octanol–water partition coefficient (Wildman–Crippen LogP) is 1.80. The van der Waals surface area contributed by atoms with Crippen LogP contribution in [0.1, 0.15) is 18.4 Å². The molecule has 5 heteroatoms. The Bertz CT molecular complexity index is 593. The summed E-state index contributed by atoms with van der Waals surface area (Å²) in [6.45, 7) is 0. The number of nitrogen functional groups attached to an aromatic ring is 1. The van der Waals surface area contributed by atoms with E-state index in [2.05, 4.69) is 9.97 Å². The number of nitrogens with two attached hydrogens (primary N) is 1. The van der Waals surface area contributed by atoms with Crippen LogP contribution in [0, 0.1) is 0 Å². The number of rotatable bonds is 4. The highest BCUT2D eigenvalue weighted by Crippen LogP contribution is 2.31. The maximum Gasteiger partial charge on any atom is 0.232 e. The van der Waals surface area contributed by atoms with E-state index in [0.29, 0.717) is 17.9 Å². The first-order chi connectivity index (χ1) is 9.74. The van der Waals surface area contributed by atoms with E-state index in [4.69, 9.17) is 5.73 Å². The first-order valence-corrected chi connectivity index (χ1v) is 6.66. The molecule has 2 aromatic rings. The van der Waals surface area contributed by atoms with Crippen molar-refractivity contribution < 1.29 is 4.79 Å². The first-order valence-electron chi connectivity index (χ1n) is 6.66. The van der Waals surface area contributed by atoms with Gasteiger partial charge in [-0.25, -0.2) is 4.98 Å². The summed E-state index contributed by atoms with van der Waals surface area (Å²) in [4.78, 5) is 22.5. The van der Waals surface area contributed by atoms with Gasteiger partial charge in [0.15, 0.2) is 0 Å². The summed E-state index contributed by atoms with van der Waals surface area (Å²) in [7, 11) is 0. The van der Waals surface area contributed by atoms with E-state index in [0.717, 1.165) is 18.4 Å². The lowest BCUT2D eigenvalue weighted by atomic mass is 10.2. The lowest BCUT2D eigenvalue weighted by Gasteiger charge is -2.21. The van der Waals surface area contributed by atoms with Gasteiger partial charge in [-0.2, -0.15) is 0 Å². The third kappa shape index (κ3) is 2.77. The predicted molar refractivity (Wildman–Crippen MR) is 77.1 cm³/mol. The van der Waals surface area contributed by atoms with Gasteiger partial charge in [0, 0.05) is 18.4 Å². The zero-order valence-corrected chi connectivity index (χ0v) is 11.1. The number of nitrogens with zero attached hydrogens (tertiary/aromatic N) is 3. The average Bonchev–Trinajstić information content (AvgIpc) is 3.27. The Morgan fingerprint density at radius 2 is 2.00 bits per heavy atom. The fourth-order valence-electron chi connectivity index (χ4n) is 2.15. The fourth-order valence-corrected chi connectivity index (χ4v) is 2.15. The van der Waals surface area contributed by atoms with Gasteiger partial charge in [-0.1, -0.05) is 0 Å². The number of pyridine rings is 2. The van der Waals surface area contributed by atoms with Gasteiger partial charge in [0.2, 0.25) is 5.91 Å². The quantitative estimate of drug-likeness (QED) is 0.917. The molecule has 0 saturated heterocycles. The molecule has 1 amide bonds. The van der Waals surface area contributed by atoms with E-state index in [-0.39, 0.29) is 11.9 Å². The van der Waals surface area contributed by atoms with Crippen LogP contribution >= 0.6 is 0 Å². The zero-order valence-electron chi connectivity index (χ0n) is 11.1. The van der Waals surface area contributed by atoms with Crippen LogP contribution in [-0.4, -0.2) is 21.9 Å². The molecule has 0 aliphatic heterocycles. The molecule has 1 aliphatic carbocycles. The Morgan fingerprint density at radius 1 is 1.25 bits per heavy atom. The van der Waals surface area contributed by atoms with Crippen LogP contribution in [0.5, 0.6) is 0 Å². The van der Waals surface area contributed by atoms with Crippen molar-refractivity contribution in [3.05, 3.63) is 48.4 Å². The number of hydrogen-bond acceptors (Lipinski definition) is 4. The molecular weight excluding hydrogens is 252 g/mol. The molecule has 3 rings (SSSR count). The molecular formula is C15H16N4O. The van der Waals surface area contributed by atoms with Crippen molar-refractivity contribution in [2.24, 2.45) is 0 Å². The SMILES string of the molecule is Nc1ccc(N(C(=O)Cc2ccncc2)C2CC2)nc1. The van der Waals surface area contributed by atoms with Crippen molar-refractivity contribution in [1.82, 2.24) is 9.97 Å². The second-order valence-corrected chi connectivity index (χ2v) is 4.98. The second-order valence-electron chi connectivity index (χ2n) is 4.98. The van der Waals surface area contributed by atoms with Crippen molar-refractivity contribution in [2.45, 2.75) is 25.3 Å². The number of carbonyl (C=O) groups excluding carboxylic acids is 1. The Hall–Kier alpha value is -2.43. The molecule has 0 unspecified atom stereocenters. The summed E-state index contributed by atoms with van der Waals surface area (Å²) < 4.78 is 0. The van der Waals surface area contributed by atoms with Crippen LogP contribution in [0.25, 0.3) is 0 Å². The lowest BCUT2D eigenvalue weighted by Crippen LogP contribution is -2.35. The van der Waals surface area contributed by atoms with Gasteiger partial charge in [-0.15, -0.1) is 0 Å². The van der Waals surface area contributed by atoms with E-state index in [1.807, 2.05) is 12.1 Å². The summed E-state index contributed by atoms with van der Waals surface area (Å²) in [6, 6.07) is 7.58. The molecule has 102 valence electrons. The van der Waals surface area contributed by atoms with Crippen LogP contribution in [0.15, 0.2) is 42.9 Å². The van der Waals surface area contributed by atoms with Crippen molar-refractivity contribution in [3.63, 3.8) is 0 Å². The summed E-state index contributed by atoms with van der Waals surface area (Å²) in [5.41, 5.74) is 7.21. The summed E-state index contributed by atoms with van der Waals surface area (Å²) in [5.74, 6) is 0.747. The van der Waals surface area contributed by atoms with Gasteiger partial charge < -0.3 is 5.73 Å². The standard InChI is InChI=1S/C15H16N4O/c16-12-1-4-14(18-10-12)19(13-2-3-13)15(20)9-11-5-7-17-8-6-11/h1,4-8,10,13H,2-3,9,16H2. The second kappa shape index (κ2) is 5.28. The highest BCUT2D eigenvalue weighted by atomic mass is 16.2. The highest BCUT2D eigenvalue weighted by molar-refractivity contribution is 5.95. The fraction of sp³-hybridized carbons (Fsp3) is 0.267. The normalized spacial score (nSPS) is 14.0.